The number of allylic oxidation sites excluding steroid dienone is 1. The van der Waals surface area contributed by atoms with Gasteiger partial charge in [-0.3, -0.25) is 9.98 Å². The highest BCUT2D eigenvalue weighted by Gasteiger charge is 2.04. The first-order valence-corrected chi connectivity index (χ1v) is 8.94. The fourth-order valence-electron chi connectivity index (χ4n) is 2.87. The smallest absolute Gasteiger partial charge is 0.103 e. The Labute approximate surface area is 160 Å². The standard InChI is InChI=1S/C24H23N3/c1-18(22-15-9-11-20-10-7-8-14-23(20)22)16-26-19(2)24(17-25-3)27-21-12-5-4-6-13-21/h4-17H,1-3H3/b18-16+,25-17?,26-19?,27-24?. The number of aliphatic imine (C=N–C) groups is 3. The first kappa shape index (κ1) is 18.5. The molecule has 134 valence electrons. The van der Waals surface area contributed by atoms with Crippen molar-refractivity contribution in [2.24, 2.45) is 15.0 Å². The predicted molar refractivity (Wildman–Crippen MR) is 119 cm³/mol. The van der Waals surface area contributed by atoms with Crippen molar-refractivity contribution in [3.8, 4) is 0 Å². The van der Waals surface area contributed by atoms with Crippen LogP contribution in [0.2, 0.25) is 0 Å². The molecule has 0 aliphatic carbocycles. The molecule has 0 bridgehead atoms. The molecule has 0 saturated carbocycles. The van der Waals surface area contributed by atoms with E-state index in [-0.39, 0.29) is 0 Å². The quantitative estimate of drug-likeness (QED) is 0.494. The van der Waals surface area contributed by atoms with Gasteiger partial charge in [-0.05, 0) is 47.9 Å². The molecule has 0 amide bonds. The van der Waals surface area contributed by atoms with Gasteiger partial charge in [0.05, 0.1) is 11.4 Å². The van der Waals surface area contributed by atoms with Crippen LogP contribution in [0.4, 0.5) is 5.69 Å². The molecule has 3 aromatic carbocycles. The largest absolute Gasteiger partial charge is 0.294 e. The van der Waals surface area contributed by atoms with Gasteiger partial charge in [0.25, 0.3) is 0 Å². The van der Waals surface area contributed by atoms with Gasteiger partial charge in [0.1, 0.15) is 5.71 Å². The van der Waals surface area contributed by atoms with Gasteiger partial charge in [-0.1, -0.05) is 60.7 Å². The van der Waals surface area contributed by atoms with Crippen LogP contribution in [0.15, 0.2) is 94.0 Å². The van der Waals surface area contributed by atoms with Crippen LogP contribution in [0.5, 0.6) is 0 Å². The molecule has 0 atom stereocenters. The average molecular weight is 353 g/mol. The molecule has 0 N–H and O–H groups in total. The molecule has 0 heterocycles. The van der Waals surface area contributed by atoms with E-state index in [4.69, 9.17) is 0 Å². The number of hydrogen-bond donors (Lipinski definition) is 0. The third kappa shape index (κ3) is 4.64. The maximum atomic E-state index is 4.66. The van der Waals surface area contributed by atoms with Crippen molar-refractivity contribution in [3.05, 3.63) is 84.6 Å². The average Bonchev–Trinajstić information content (AvgIpc) is 2.71. The third-order valence-corrected chi connectivity index (χ3v) is 4.29. The molecule has 3 rings (SSSR count). The van der Waals surface area contributed by atoms with E-state index in [1.165, 1.54) is 16.3 Å². The van der Waals surface area contributed by atoms with Crippen LogP contribution >= 0.6 is 0 Å². The minimum absolute atomic E-state index is 0.755. The summed E-state index contributed by atoms with van der Waals surface area (Å²) in [5, 5.41) is 2.46. The van der Waals surface area contributed by atoms with E-state index >= 15 is 0 Å². The number of nitrogens with zero attached hydrogens (tertiary/aromatic N) is 3. The molecule has 0 fully saturated rings. The zero-order chi connectivity index (χ0) is 19.1. The summed E-state index contributed by atoms with van der Waals surface area (Å²) in [6, 6.07) is 24.6. The molecule has 3 nitrogen and oxygen atoms in total. The molecule has 3 aromatic rings. The number of para-hydroxylation sites is 1. The Hall–Kier alpha value is -3.33. The van der Waals surface area contributed by atoms with E-state index in [1.54, 1.807) is 13.3 Å². The highest BCUT2D eigenvalue weighted by Crippen LogP contribution is 2.24. The van der Waals surface area contributed by atoms with E-state index in [1.807, 2.05) is 43.5 Å². The molecular weight excluding hydrogens is 330 g/mol. The molecular formula is C24H23N3. The van der Waals surface area contributed by atoms with Gasteiger partial charge < -0.3 is 0 Å². The fourth-order valence-corrected chi connectivity index (χ4v) is 2.87. The minimum atomic E-state index is 0.755. The second-order valence-electron chi connectivity index (χ2n) is 6.27. The molecule has 0 aliphatic rings. The van der Waals surface area contributed by atoms with E-state index in [2.05, 4.69) is 64.4 Å². The van der Waals surface area contributed by atoms with E-state index in [0.717, 1.165) is 22.7 Å². The van der Waals surface area contributed by atoms with Crippen LogP contribution < -0.4 is 0 Å². The zero-order valence-electron chi connectivity index (χ0n) is 15.9. The van der Waals surface area contributed by atoms with Gasteiger partial charge in [-0.25, -0.2) is 4.99 Å². The lowest BCUT2D eigenvalue weighted by Gasteiger charge is -2.06. The van der Waals surface area contributed by atoms with Crippen molar-refractivity contribution in [2.45, 2.75) is 13.8 Å². The topological polar surface area (TPSA) is 37.1 Å². The van der Waals surface area contributed by atoms with Crippen molar-refractivity contribution in [1.29, 1.82) is 0 Å². The van der Waals surface area contributed by atoms with Crippen LogP contribution in [0, 0.1) is 0 Å². The van der Waals surface area contributed by atoms with Gasteiger partial charge in [0.2, 0.25) is 0 Å². The van der Waals surface area contributed by atoms with Gasteiger partial charge in [-0.15, -0.1) is 0 Å². The van der Waals surface area contributed by atoms with Crippen LogP contribution in [0.1, 0.15) is 19.4 Å². The normalized spacial score (nSPS) is 13.5. The molecule has 0 aliphatic heterocycles. The number of fused-ring (bicyclic) bond motifs is 1. The lowest BCUT2D eigenvalue weighted by atomic mass is 10.00. The molecule has 27 heavy (non-hydrogen) atoms. The van der Waals surface area contributed by atoms with E-state index in [9.17, 15) is 0 Å². The van der Waals surface area contributed by atoms with Crippen LogP contribution in [0.25, 0.3) is 16.3 Å². The number of benzene rings is 3. The van der Waals surface area contributed by atoms with Crippen LogP contribution in [-0.2, 0) is 0 Å². The maximum absolute atomic E-state index is 4.66. The molecule has 3 heteroatoms. The first-order valence-electron chi connectivity index (χ1n) is 8.94. The van der Waals surface area contributed by atoms with Crippen molar-refractivity contribution >= 4 is 39.7 Å². The van der Waals surface area contributed by atoms with Gasteiger partial charge in [0, 0.05) is 19.5 Å². The summed E-state index contributed by atoms with van der Waals surface area (Å²) in [5.41, 5.74) is 4.76. The molecule has 0 spiro atoms. The number of hydrogen-bond acceptors (Lipinski definition) is 3. The Bertz CT molecular complexity index is 1040. The van der Waals surface area contributed by atoms with Gasteiger partial charge in [0.15, 0.2) is 0 Å². The monoisotopic (exact) mass is 353 g/mol. The minimum Gasteiger partial charge on any atom is -0.294 e. The summed E-state index contributed by atoms with van der Waals surface area (Å²) < 4.78 is 0. The van der Waals surface area contributed by atoms with Crippen molar-refractivity contribution in [2.75, 3.05) is 7.05 Å². The number of rotatable bonds is 5. The summed E-state index contributed by atoms with van der Waals surface area (Å²) in [7, 11) is 1.74. The van der Waals surface area contributed by atoms with Gasteiger partial charge >= 0.3 is 0 Å². The highest BCUT2D eigenvalue weighted by atomic mass is 14.8. The summed E-state index contributed by atoms with van der Waals surface area (Å²) in [5.74, 6) is 0. The van der Waals surface area contributed by atoms with Crippen LogP contribution in [0.3, 0.4) is 0 Å². The highest BCUT2D eigenvalue weighted by molar-refractivity contribution is 6.62. The van der Waals surface area contributed by atoms with E-state index < -0.39 is 0 Å². The van der Waals surface area contributed by atoms with E-state index in [0.29, 0.717) is 0 Å². The first-order chi connectivity index (χ1) is 13.2. The lowest BCUT2D eigenvalue weighted by Crippen LogP contribution is -2.11. The molecule has 0 saturated heterocycles. The van der Waals surface area contributed by atoms with Crippen LogP contribution in [-0.4, -0.2) is 24.7 Å². The molecule has 0 radical (unpaired) electrons. The maximum Gasteiger partial charge on any atom is 0.103 e. The Morgan fingerprint density at radius 1 is 0.815 bits per heavy atom. The fraction of sp³-hybridized carbons (Fsp3) is 0.125. The Morgan fingerprint density at radius 2 is 1.52 bits per heavy atom. The summed E-state index contributed by atoms with van der Waals surface area (Å²) in [6.07, 6.45) is 3.65. The Kier molecular flexibility index (Phi) is 6.06. The molecule has 0 aromatic heterocycles. The summed E-state index contributed by atoms with van der Waals surface area (Å²) in [4.78, 5) is 13.4. The second-order valence-corrected chi connectivity index (χ2v) is 6.27. The SMILES string of the molecule is CN=CC(=Nc1ccccc1)C(C)=N/C=C(\C)c1cccc2ccccc12. The van der Waals surface area contributed by atoms with Gasteiger partial charge in [-0.2, -0.15) is 0 Å². The summed E-state index contributed by atoms with van der Waals surface area (Å²) >= 11 is 0. The van der Waals surface area contributed by atoms with Crippen molar-refractivity contribution < 1.29 is 0 Å². The predicted octanol–water partition coefficient (Wildman–Crippen LogP) is 6.13. The van der Waals surface area contributed by atoms with Crippen molar-refractivity contribution in [1.82, 2.24) is 0 Å². The lowest BCUT2D eigenvalue weighted by molar-refractivity contribution is 1.46. The Morgan fingerprint density at radius 3 is 2.30 bits per heavy atom. The Balaban J connectivity index is 1.95. The van der Waals surface area contributed by atoms with Crippen molar-refractivity contribution in [3.63, 3.8) is 0 Å². The zero-order valence-corrected chi connectivity index (χ0v) is 15.9. The summed E-state index contributed by atoms with van der Waals surface area (Å²) in [6.45, 7) is 4.04. The molecule has 0 unspecified atom stereocenters. The third-order valence-electron chi connectivity index (χ3n) is 4.29. The second kappa shape index (κ2) is 8.86.